The Bertz CT molecular complexity index is 803. The average molecular weight is 383 g/mol. The Hall–Kier alpha value is -3.02. The molecule has 2 N–H and O–H groups in total. The first-order valence-electron chi connectivity index (χ1n) is 9.43. The zero-order valence-corrected chi connectivity index (χ0v) is 17.0. The molecule has 0 radical (unpaired) electrons. The molecule has 0 bridgehead atoms. The molecular formula is C22H29N3O3. The summed E-state index contributed by atoms with van der Waals surface area (Å²) in [6.07, 6.45) is 1.18. The molecule has 0 atom stereocenters. The summed E-state index contributed by atoms with van der Waals surface area (Å²) >= 11 is 0. The number of nitrogens with zero attached hydrogens (tertiary/aromatic N) is 1. The van der Waals surface area contributed by atoms with Crippen LogP contribution in [0.15, 0.2) is 48.5 Å². The van der Waals surface area contributed by atoms with Gasteiger partial charge in [-0.25, -0.2) is 0 Å². The highest BCUT2D eigenvalue weighted by Gasteiger charge is 2.07. The number of hydrogen-bond acceptors (Lipinski definition) is 4. The van der Waals surface area contributed by atoms with Gasteiger partial charge < -0.3 is 20.3 Å². The first-order chi connectivity index (χ1) is 13.3. The smallest absolute Gasteiger partial charge is 0.243 e. The normalized spacial score (nSPS) is 10.5. The van der Waals surface area contributed by atoms with E-state index in [1.54, 1.807) is 19.0 Å². The molecule has 0 heterocycles. The van der Waals surface area contributed by atoms with E-state index in [0.717, 1.165) is 22.7 Å². The van der Waals surface area contributed by atoms with Crippen LogP contribution in [-0.2, 0) is 16.0 Å². The summed E-state index contributed by atoms with van der Waals surface area (Å²) in [5, 5.41) is 5.99. The van der Waals surface area contributed by atoms with E-state index in [1.165, 1.54) is 0 Å². The van der Waals surface area contributed by atoms with E-state index in [9.17, 15) is 9.59 Å². The molecular weight excluding hydrogens is 354 g/mol. The minimum atomic E-state index is -0.142. The number of aryl methyl sites for hydroxylation is 1. The van der Waals surface area contributed by atoms with Crippen LogP contribution in [0.1, 0.15) is 25.8 Å². The molecule has 0 aromatic heterocycles. The quantitative estimate of drug-likeness (QED) is 0.695. The molecule has 0 spiro atoms. The van der Waals surface area contributed by atoms with Gasteiger partial charge in [-0.3, -0.25) is 9.59 Å². The molecule has 0 fully saturated rings. The molecule has 0 aliphatic heterocycles. The van der Waals surface area contributed by atoms with Crippen molar-refractivity contribution in [3.63, 3.8) is 0 Å². The largest absolute Gasteiger partial charge is 0.491 e. The third kappa shape index (κ3) is 7.31. The summed E-state index contributed by atoms with van der Waals surface area (Å²) in [7, 11) is 3.49. The summed E-state index contributed by atoms with van der Waals surface area (Å²) < 4.78 is 5.66. The Morgan fingerprint density at radius 3 is 2.46 bits per heavy atom. The van der Waals surface area contributed by atoms with Crippen molar-refractivity contribution in [2.24, 2.45) is 0 Å². The van der Waals surface area contributed by atoms with Crippen molar-refractivity contribution in [2.75, 3.05) is 31.3 Å². The van der Waals surface area contributed by atoms with E-state index in [-0.39, 0.29) is 24.5 Å². The highest BCUT2D eigenvalue weighted by atomic mass is 16.5. The van der Waals surface area contributed by atoms with Gasteiger partial charge in [-0.05, 0) is 50.1 Å². The number of anilines is 2. The lowest BCUT2D eigenvalue weighted by Gasteiger charge is -2.13. The maximum atomic E-state index is 12.2. The second-order valence-electron chi connectivity index (χ2n) is 7.08. The van der Waals surface area contributed by atoms with Crippen molar-refractivity contribution >= 4 is 23.2 Å². The second-order valence-corrected chi connectivity index (χ2v) is 7.08. The maximum absolute atomic E-state index is 12.2. The Kier molecular flexibility index (Phi) is 7.87. The lowest BCUT2D eigenvalue weighted by atomic mass is 10.1. The molecule has 2 amide bonds. The monoisotopic (exact) mass is 383 g/mol. The number of ether oxygens (including phenoxy) is 1. The Balaban J connectivity index is 1.86. The summed E-state index contributed by atoms with van der Waals surface area (Å²) in [5.74, 6) is 0.708. The lowest BCUT2D eigenvalue weighted by Crippen LogP contribution is -2.22. The lowest BCUT2D eigenvalue weighted by molar-refractivity contribution is -0.128. The third-order valence-corrected chi connectivity index (χ3v) is 4.00. The number of amides is 2. The number of carbonyl (C=O) groups excluding carboxylic acids is 2. The summed E-state index contributed by atoms with van der Waals surface area (Å²) in [4.78, 5) is 25.6. The van der Waals surface area contributed by atoms with E-state index >= 15 is 0 Å². The average Bonchev–Trinajstić information content (AvgIpc) is 2.64. The zero-order valence-electron chi connectivity index (χ0n) is 17.0. The Labute approximate surface area is 166 Å². The van der Waals surface area contributed by atoms with Gasteiger partial charge in [0, 0.05) is 38.0 Å². The predicted molar refractivity (Wildman–Crippen MR) is 113 cm³/mol. The molecule has 2 rings (SSSR count). The van der Waals surface area contributed by atoms with Crippen LogP contribution in [0.5, 0.6) is 5.75 Å². The molecule has 28 heavy (non-hydrogen) atoms. The van der Waals surface area contributed by atoms with Crippen LogP contribution in [0.25, 0.3) is 0 Å². The van der Waals surface area contributed by atoms with E-state index in [0.29, 0.717) is 12.8 Å². The number of rotatable bonds is 9. The van der Waals surface area contributed by atoms with Crippen molar-refractivity contribution in [3.8, 4) is 5.75 Å². The molecule has 6 heteroatoms. The first-order valence-corrected chi connectivity index (χ1v) is 9.43. The van der Waals surface area contributed by atoms with E-state index in [1.807, 2.05) is 62.4 Å². The van der Waals surface area contributed by atoms with Gasteiger partial charge in [-0.2, -0.15) is 0 Å². The highest BCUT2D eigenvalue weighted by molar-refractivity contribution is 5.93. The van der Waals surface area contributed by atoms with Gasteiger partial charge in [0.15, 0.2) is 0 Å². The Morgan fingerprint density at radius 1 is 1.04 bits per heavy atom. The van der Waals surface area contributed by atoms with Crippen LogP contribution >= 0.6 is 0 Å². The van der Waals surface area contributed by atoms with Crippen molar-refractivity contribution in [2.45, 2.75) is 32.8 Å². The molecule has 0 saturated carbocycles. The number of benzene rings is 2. The fourth-order valence-corrected chi connectivity index (χ4v) is 2.62. The van der Waals surface area contributed by atoms with E-state index in [2.05, 4.69) is 10.6 Å². The summed E-state index contributed by atoms with van der Waals surface area (Å²) in [5.41, 5.74) is 2.56. The molecule has 2 aromatic rings. The van der Waals surface area contributed by atoms with Crippen molar-refractivity contribution in [3.05, 3.63) is 54.1 Å². The van der Waals surface area contributed by atoms with Gasteiger partial charge in [0.25, 0.3) is 0 Å². The third-order valence-electron chi connectivity index (χ3n) is 4.00. The SMILES string of the molecule is CC(C)Oc1cccc(NCC(=O)Nc2cccc(CCC(=O)N(C)C)c2)c1. The summed E-state index contributed by atoms with van der Waals surface area (Å²) in [6, 6.07) is 15.1. The van der Waals surface area contributed by atoms with Crippen LogP contribution in [-0.4, -0.2) is 43.5 Å². The standard InChI is InChI=1S/C22H29N3O3/c1-16(2)28-20-10-6-8-18(14-20)23-15-21(26)24-19-9-5-7-17(13-19)11-12-22(27)25(3)4/h5-10,13-14,16,23H,11-12,15H2,1-4H3,(H,24,26). The van der Waals surface area contributed by atoms with Crippen LogP contribution in [0.4, 0.5) is 11.4 Å². The van der Waals surface area contributed by atoms with Crippen molar-refractivity contribution in [1.29, 1.82) is 0 Å². The molecule has 150 valence electrons. The van der Waals surface area contributed by atoms with Gasteiger partial charge in [0.2, 0.25) is 11.8 Å². The predicted octanol–water partition coefficient (Wildman–Crippen LogP) is 3.55. The first kappa shape index (κ1) is 21.3. The fourth-order valence-electron chi connectivity index (χ4n) is 2.62. The maximum Gasteiger partial charge on any atom is 0.243 e. The Morgan fingerprint density at radius 2 is 1.75 bits per heavy atom. The fraction of sp³-hybridized carbons (Fsp3) is 0.364. The minimum Gasteiger partial charge on any atom is -0.491 e. The topological polar surface area (TPSA) is 70.7 Å². The number of hydrogen-bond donors (Lipinski definition) is 2. The molecule has 2 aromatic carbocycles. The highest BCUT2D eigenvalue weighted by Crippen LogP contribution is 2.18. The number of carbonyl (C=O) groups is 2. The van der Waals surface area contributed by atoms with Crippen molar-refractivity contribution < 1.29 is 14.3 Å². The van der Waals surface area contributed by atoms with Gasteiger partial charge >= 0.3 is 0 Å². The van der Waals surface area contributed by atoms with Gasteiger partial charge in [-0.1, -0.05) is 18.2 Å². The van der Waals surface area contributed by atoms with Crippen LogP contribution in [0.3, 0.4) is 0 Å². The van der Waals surface area contributed by atoms with E-state index in [4.69, 9.17) is 4.74 Å². The van der Waals surface area contributed by atoms with Crippen LogP contribution in [0.2, 0.25) is 0 Å². The van der Waals surface area contributed by atoms with E-state index < -0.39 is 0 Å². The van der Waals surface area contributed by atoms with Crippen LogP contribution in [0, 0.1) is 0 Å². The molecule has 0 saturated heterocycles. The van der Waals surface area contributed by atoms with Crippen LogP contribution < -0.4 is 15.4 Å². The van der Waals surface area contributed by atoms with Gasteiger partial charge in [0.1, 0.15) is 5.75 Å². The minimum absolute atomic E-state index is 0.0855. The summed E-state index contributed by atoms with van der Waals surface area (Å²) in [6.45, 7) is 4.09. The van der Waals surface area contributed by atoms with Gasteiger partial charge in [-0.15, -0.1) is 0 Å². The molecule has 0 unspecified atom stereocenters. The van der Waals surface area contributed by atoms with Crippen molar-refractivity contribution in [1.82, 2.24) is 4.90 Å². The second kappa shape index (κ2) is 10.3. The molecule has 0 aliphatic carbocycles. The number of nitrogens with one attached hydrogen (secondary N) is 2. The molecule has 0 aliphatic rings. The van der Waals surface area contributed by atoms with Gasteiger partial charge in [0.05, 0.1) is 12.6 Å². The molecule has 6 nitrogen and oxygen atoms in total. The zero-order chi connectivity index (χ0) is 20.5.